The molecule has 0 fully saturated rings. The fourth-order valence-corrected chi connectivity index (χ4v) is 4.50. The summed E-state index contributed by atoms with van der Waals surface area (Å²) in [7, 11) is 0. The summed E-state index contributed by atoms with van der Waals surface area (Å²) in [5.74, 6) is 1.06. The lowest BCUT2D eigenvalue weighted by Crippen LogP contribution is -2.31. The van der Waals surface area contributed by atoms with Crippen LogP contribution in [0.4, 0.5) is 5.69 Å². The molecule has 5 heteroatoms. The first-order valence-corrected chi connectivity index (χ1v) is 11.4. The fraction of sp³-hybridized carbons (Fsp3) is 0.321. The van der Waals surface area contributed by atoms with Crippen LogP contribution in [0.3, 0.4) is 0 Å². The molecule has 1 aliphatic heterocycles. The third kappa shape index (κ3) is 4.98. The number of fused-ring (bicyclic) bond motifs is 1. The van der Waals surface area contributed by atoms with E-state index in [1.807, 2.05) is 24.3 Å². The van der Waals surface area contributed by atoms with Gasteiger partial charge in [0.25, 0.3) is 0 Å². The molecule has 0 saturated heterocycles. The molecule has 0 spiro atoms. The number of nitrogens with one attached hydrogen (secondary N) is 1. The van der Waals surface area contributed by atoms with Crippen LogP contribution < -0.4 is 14.8 Å². The Balaban J connectivity index is 1.47. The quantitative estimate of drug-likeness (QED) is 0.380. The van der Waals surface area contributed by atoms with Crippen LogP contribution >= 0.6 is 0 Å². The van der Waals surface area contributed by atoms with Gasteiger partial charge >= 0.3 is 5.97 Å². The number of carboxylic acid groups (broad SMARTS) is 1. The Bertz CT molecular complexity index is 1120. The van der Waals surface area contributed by atoms with Gasteiger partial charge < -0.3 is 19.9 Å². The van der Waals surface area contributed by atoms with Gasteiger partial charge in [0, 0.05) is 23.6 Å². The summed E-state index contributed by atoms with van der Waals surface area (Å²) in [6, 6.07) is 22.6. The number of anilines is 1. The molecule has 2 unspecified atom stereocenters. The molecule has 0 bridgehead atoms. The maximum absolute atomic E-state index is 10.6. The van der Waals surface area contributed by atoms with Gasteiger partial charge in [0.2, 0.25) is 0 Å². The van der Waals surface area contributed by atoms with E-state index in [-0.39, 0.29) is 17.9 Å². The molecule has 0 aliphatic carbocycles. The molecule has 3 aromatic rings. The molecular formula is C28H31NO4. The second-order valence-corrected chi connectivity index (χ2v) is 8.91. The highest BCUT2D eigenvalue weighted by molar-refractivity contribution is 5.68. The van der Waals surface area contributed by atoms with Crippen molar-refractivity contribution in [1.29, 1.82) is 0 Å². The van der Waals surface area contributed by atoms with Crippen molar-refractivity contribution in [2.75, 3.05) is 11.9 Å². The first-order valence-electron chi connectivity index (χ1n) is 11.4. The second kappa shape index (κ2) is 9.57. The van der Waals surface area contributed by atoms with Gasteiger partial charge in [-0.25, -0.2) is 0 Å². The van der Waals surface area contributed by atoms with Crippen LogP contribution in [0.25, 0.3) is 0 Å². The van der Waals surface area contributed by atoms with Gasteiger partial charge in [-0.05, 0) is 55.7 Å². The highest BCUT2D eigenvalue weighted by Gasteiger charge is 2.42. The number of rotatable bonds is 9. The first kappa shape index (κ1) is 22.7. The largest absolute Gasteiger partial charge is 0.494 e. The molecule has 2 atom stereocenters. The Kier molecular flexibility index (Phi) is 6.59. The second-order valence-electron chi connectivity index (χ2n) is 8.91. The predicted octanol–water partition coefficient (Wildman–Crippen LogP) is 6.26. The maximum Gasteiger partial charge on any atom is 0.303 e. The Morgan fingerprint density at radius 2 is 1.82 bits per heavy atom. The van der Waals surface area contributed by atoms with E-state index in [1.165, 1.54) is 11.1 Å². The van der Waals surface area contributed by atoms with Gasteiger partial charge in [-0.3, -0.25) is 4.79 Å². The summed E-state index contributed by atoms with van der Waals surface area (Å²) in [5.41, 5.74) is 5.56. The Morgan fingerprint density at radius 1 is 1.06 bits per heavy atom. The number of aliphatic carboxylic acids is 1. The first-order chi connectivity index (χ1) is 15.9. The van der Waals surface area contributed by atoms with Crippen LogP contribution in [-0.2, 0) is 16.9 Å². The lowest BCUT2D eigenvalue weighted by Gasteiger charge is -2.31. The molecule has 0 aromatic heterocycles. The van der Waals surface area contributed by atoms with Crippen molar-refractivity contribution in [3.05, 3.63) is 89.0 Å². The summed E-state index contributed by atoms with van der Waals surface area (Å²) >= 11 is 0. The standard InChI is InChI=1S/C28H31NO4/c1-19-7-4-8-21(17-19)18-33-25-10-5-9-24-27(25)20(2)28(3,29-24)22-12-14-23(15-13-22)32-16-6-11-26(30)31/h4-5,7-10,12-15,17,20,29H,6,11,16,18H2,1-3H3,(H,30,31). The van der Waals surface area contributed by atoms with E-state index >= 15 is 0 Å². The average Bonchev–Trinajstić information content (AvgIpc) is 3.07. The molecule has 5 nitrogen and oxygen atoms in total. The average molecular weight is 446 g/mol. The minimum Gasteiger partial charge on any atom is -0.494 e. The van der Waals surface area contributed by atoms with Crippen LogP contribution in [0.5, 0.6) is 11.5 Å². The summed E-state index contributed by atoms with van der Waals surface area (Å²) in [6.07, 6.45) is 0.609. The molecule has 0 amide bonds. The summed E-state index contributed by atoms with van der Waals surface area (Å²) in [6.45, 7) is 7.47. The van der Waals surface area contributed by atoms with Crippen molar-refractivity contribution in [2.24, 2.45) is 0 Å². The SMILES string of the molecule is Cc1cccc(COc2cccc3c2C(C)C(C)(c2ccc(OCCCC(=O)O)cc2)N3)c1. The van der Waals surface area contributed by atoms with Gasteiger partial charge in [0.05, 0.1) is 12.1 Å². The highest BCUT2D eigenvalue weighted by atomic mass is 16.5. The van der Waals surface area contributed by atoms with Crippen molar-refractivity contribution < 1.29 is 19.4 Å². The minimum atomic E-state index is -0.801. The Labute approximate surface area is 195 Å². The number of aryl methyl sites for hydroxylation is 1. The van der Waals surface area contributed by atoms with Gasteiger partial charge in [0.15, 0.2) is 0 Å². The molecule has 172 valence electrons. The van der Waals surface area contributed by atoms with Crippen molar-refractivity contribution in [3.63, 3.8) is 0 Å². The van der Waals surface area contributed by atoms with Crippen LogP contribution in [0.15, 0.2) is 66.7 Å². The molecule has 1 aliphatic rings. The van der Waals surface area contributed by atoms with E-state index in [1.54, 1.807) is 0 Å². The maximum atomic E-state index is 10.6. The summed E-state index contributed by atoms with van der Waals surface area (Å²) in [4.78, 5) is 10.6. The highest BCUT2D eigenvalue weighted by Crippen LogP contribution is 2.51. The van der Waals surface area contributed by atoms with Gasteiger partial charge in [-0.1, -0.05) is 55.0 Å². The van der Waals surface area contributed by atoms with E-state index in [0.717, 1.165) is 28.3 Å². The van der Waals surface area contributed by atoms with E-state index in [9.17, 15) is 4.79 Å². The molecule has 33 heavy (non-hydrogen) atoms. The lowest BCUT2D eigenvalue weighted by molar-refractivity contribution is -0.137. The number of hydrogen-bond donors (Lipinski definition) is 2. The van der Waals surface area contributed by atoms with Gasteiger partial charge in [-0.15, -0.1) is 0 Å². The fourth-order valence-electron chi connectivity index (χ4n) is 4.50. The number of carboxylic acids is 1. The number of ether oxygens (including phenoxy) is 2. The van der Waals surface area contributed by atoms with Crippen molar-refractivity contribution in [2.45, 2.75) is 51.7 Å². The molecular weight excluding hydrogens is 414 g/mol. The van der Waals surface area contributed by atoms with Crippen molar-refractivity contribution in [3.8, 4) is 11.5 Å². The van der Waals surface area contributed by atoms with Crippen molar-refractivity contribution >= 4 is 11.7 Å². The molecule has 4 rings (SSSR count). The third-order valence-electron chi connectivity index (χ3n) is 6.49. The molecule has 0 radical (unpaired) electrons. The predicted molar refractivity (Wildman–Crippen MR) is 130 cm³/mol. The zero-order valence-corrected chi connectivity index (χ0v) is 19.4. The molecule has 2 N–H and O–H groups in total. The summed E-state index contributed by atoms with van der Waals surface area (Å²) < 4.78 is 12.0. The van der Waals surface area contributed by atoms with Gasteiger partial charge in [-0.2, -0.15) is 0 Å². The third-order valence-corrected chi connectivity index (χ3v) is 6.49. The molecule has 3 aromatic carbocycles. The van der Waals surface area contributed by atoms with Crippen LogP contribution in [0.1, 0.15) is 54.9 Å². The number of benzene rings is 3. The zero-order chi connectivity index (χ0) is 23.4. The monoisotopic (exact) mass is 445 g/mol. The van der Waals surface area contributed by atoms with E-state index in [2.05, 4.69) is 68.6 Å². The normalized spacial score (nSPS) is 18.9. The zero-order valence-electron chi connectivity index (χ0n) is 19.4. The van der Waals surface area contributed by atoms with Crippen LogP contribution in [0, 0.1) is 6.92 Å². The molecule has 1 heterocycles. The Morgan fingerprint density at radius 3 is 2.55 bits per heavy atom. The van der Waals surface area contributed by atoms with Crippen LogP contribution in [-0.4, -0.2) is 17.7 Å². The lowest BCUT2D eigenvalue weighted by atomic mass is 9.80. The number of hydrogen-bond acceptors (Lipinski definition) is 4. The summed E-state index contributed by atoms with van der Waals surface area (Å²) in [5, 5.41) is 12.5. The smallest absolute Gasteiger partial charge is 0.303 e. The van der Waals surface area contributed by atoms with Crippen LogP contribution in [0.2, 0.25) is 0 Å². The van der Waals surface area contributed by atoms with E-state index in [4.69, 9.17) is 14.6 Å². The molecule has 0 saturated carbocycles. The van der Waals surface area contributed by atoms with Gasteiger partial charge in [0.1, 0.15) is 18.1 Å². The Hall–Kier alpha value is -3.47. The van der Waals surface area contributed by atoms with E-state index < -0.39 is 5.97 Å². The van der Waals surface area contributed by atoms with Crippen molar-refractivity contribution in [1.82, 2.24) is 0 Å². The topological polar surface area (TPSA) is 67.8 Å². The number of carbonyl (C=O) groups is 1. The van der Waals surface area contributed by atoms with E-state index in [0.29, 0.717) is 19.6 Å². The minimum absolute atomic E-state index is 0.115.